The summed E-state index contributed by atoms with van der Waals surface area (Å²) < 4.78 is 0. The molecule has 0 aliphatic carbocycles. The van der Waals surface area contributed by atoms with Gasteiger partial charge in [0.25, 0.3) is 0 Å². The number of aromatic nitrogens is 1. The molecule has 136 valence electrons. The molecule has 0 aromatic carbocycles. The van der Waals surface area contributed by atoms with Crippen LogP contribution < -0.4 is 5.32 Å². The highest BCUT2D eigenvalue weighted by Gasteiger charge is 2.49. The fourth-order valence-electron chi connectivity index (χ4n) is 3.95. The number of piperidine rings is 1. The molecule has 2 aliphatic heterocycles. The van der Waals surface area contributed by atoms with E-state index in [4.69, 9.17) is 0 Å². The molecule has 3 rings (SSSR count). The topological polar surface area (TPSA) is 65.5 Å². The molecule has 2 fully saturated rings. The van der Waals surface area contributed by atoms with Gasteiger partial charge in [0.1, 0.15) is 0 Å². The molecule has 3 amide bonds. The quantitative estimate of drug-likeness (QED) is 0.915. The summed E-state index contributed by atoms with van der Waals surface area (Å²) in [6.45, 7) is 8.43. The molecule has 25 heavy (non-hydrogen) atoms. The molecule has 6 nitrogen and oxygen atoms in total. The monoisotopic (exact) mass is 344 g/mol. The molecule has 3 heterocycles. The predicted molar refractivity (Wildman–Crippen MR) is 95.9 cm³/mol. The minimum atomic E-state index is -0.406. The summed E-state index contributed by atoms with van der Waals surface area (Å²) in [6.07, 6.45) is 2.58. The Balaban J connectivity index is 1.68. The molecular weight excluding hydrogens is 316 g/mol. The third-order valence-electron chi connectivity index (χ3n) is 5.18. The molecule has 0 radical (unpaired) electrons. The van der Waals surface area contributed by atoms with Crippen LogP contribution in [0.4, 0.5) is 4.79 Å². The number of aryl methyl sites for hydroxylation is 1. The largest absolute Gasteiger partial charge is 0.336 e. The molecule has 2 saturated heterocycles. The maximum Gasteiger partial charge on any atom is 0.317 e. The van der Waals surface area contributed by atoms with Gasteiger partial charge in [-0.2, -0.15) is 0 Å². The average molecular weight is 344 g/mol. The van der Waals surface area contributed by atoms with Crippen molar-refractivity contribution in [3.8, 4) is 0 Å². The lowest BCUT2D eigenvalue weighted by atomic mass is 9.78. The van der Waals surface area contributed by atoms with Gasteiger partial charge in [0.2, 0.25) is 5.91 Å². The van der Waals surface area contributed by atoms with E-state index in [1.807, 2.05) is 48.8 Å². The van der Waals surface area contributed by atoms with Gasteiger partial charge in [-0.05, 0) is 52.2 Å². The Morgan fingerprint density at radius 2 is 2.12 bits per heavy atom. The van der Waals surface area contributed by atoms with Crippen LogP contribution in [-0.2, 0) is 11.3 Å². The van der Waals surface area contributed by atoms with Crippen LogP contribution in [0.25, 0.3) is 0 Å². The Bertz CT molecular complexity index is 661. The fraction of sp³-hybridized carbons (Fsp3) is 0.632. The van der Waals surface area contributed by atoms with Gasteiger partial charge in [0, 0.05) is 31.4 Å². The molecule has 1 spiro atoms. The maximum atomic E-state index is 13.1. The van der Waals surface area contributed by atoms with Crippen molar-refractivity contribution in [3.05, 3.63) is 29.6 Å². The third-order valence-corrected chi connectivity index (χ3v) is 5.18. The van der Waals surface area contributed by atoms with Gasteiger partial charge in [-0.25, -0.2) is 4.79 Å². The molecule has 2 aliphatic rings. The SMILES string of the molecule is Cc1cccc(CN2CC[C@@]3(CCCN(C(=O)NC(C)C)C3)C2=O)n1. The van der Waals surface area contributed by atoms with Gasteiger partial charge < -0.3 is 15.1 Å². The Kier molecular flexibility index (Phi) is 4.97. The standard InChI is InChI=1S/C19H28N4O2/c1-14(2)20-18(25)23-10-5-8-19(13-23)9-11-22(17(19)24)12-16-7-4-6-15(3)21-16/h4,6-7,14H,5,8-13H2,1-3H3,(H,20,25)/t19-/m1/s1. The van der Waals surface area contributed by atoms with Gasteiger partial charge in [-0.3, -0.25) is 9.78 Å². The second-order valence-corrected chi connectivity index (χ2v) is 7.66. The first-order chi connectivity index (χ1) is 11.9. The summed E-state index contributed by atoms with van der Waals surface area (Å²) in [6, 6.07) is 5.96. The van der Waals surface area contributed by atoms with Gasteiger partial charge in [0.15, 0.2) is 0 Å². The average Bonchev–Trinajstić information content (AvgIpc) is 2.84. The van der Waals surface area contributed by atoms with E-state index in [-0.39, 0.29) is 18.0 Å². The minimum absolute atomic E-state index is 0.0549. The summed E-state index contributed by atoms with van der Waals surface area (Å²) in [5.41, 5.74) is 1.49. The molecule has 1 aromatic rings. The first kappa shape index (κ1) is 17.7. The lowest BCUT2D eigenvalue weighted by molar-refractivity contribution is -0.138. The van der Waals surface area contributed by atoms with E-state index in [9.17, 15) is 9.59 Å². The van der Waals surface area contributed by atoms with E-state index < -0.39 is 5.41 Å². The van der Waals surface area contributed by atoms with Crippen molar-refractivity contribution in [2.45, 2.75) is 52.6 Å². The Hall–Kier alpha value is -2.11. The van der Waals surface area contributed by atoms with Crippen molar-refractivity contribution >= 4 is 11.9 Å². The van der Waals surface area contributed by atoms with E-state index in [0.29, 0.717) is 13.1 Å². The smallest absolute Gasteiger partial charge is 0.317 e. The summed E-state index contributed by atoms with van der Waals surface area (Å²) in [7, 11) is 0. The normalized spacial score (nSPS) is 23.6. The zero-order valence-electron chi connectivity index (χ0n) is 15.4. The lowest BCUT2D eigenvalue weighted by Gasteiger charge is -2.39. The summed E-state index contributed by atoms with van der Waals surface area (Å²) in [5.74, 6) is 0.179. The minimum Gasteiger partial charge on any atom is -0.336 e. The number of hydrogen-bond donors (Lipinski definition) is 1. The molecule has 0 bridgehead atoms. The van der Waals surface area contributed by atoms with E-state index in [2.05, 4.69) is 10.3 Å². The van der Waals surface area contributed by atoms with Crippen LogP contribution in [0.5, 0.6) is 0 Å². The van der Waals surface area contributed by atoms with Crippen LogP contribution in [-0.4, -0.2) is 52.4 Å². The number of likely N-dealkylation sites (tertiary alicyclic amines) is 2. The van der Waals surface area contributed by atoms with Crippen LogP contribution in [0, 0.1) is 12.3 Å². The van der Waals surface area contributed by atoms with E-state index in [0.717, 1.165) is 43.7 Å². The summed E-state index contributed by atoms with van der Waals surface area (Å²) in [4.78, 5) is 33.7. The van der Waals surface area contributed by atoms with E-state index >= 15 is 0 Å². The Labute approximate surface area is 149 Å². The zero-order chi connectivity index (χ0) is 18.0. The van der Waals surface area contributed by atoms with Crippen molar-refractivity contribution in [2.24, 2.45) is 5.41 Å². The number of amides is 3. The van der Waals surface area contributed by atoms with Crippen LogP contribution >= 0.6 is 0 Å². The number of rotatable bonds is 3. The van der Waals surface area contributed by atoms with Crippen LogP contribution in [0.3, 0.4) is 0 Å². The highest BCUT2D eigenvalue weighted by atomic mass is 16.2. The number of carbonyl (C=O) groups excluding carboxylic acids is 2. The molecule has 1 N–H and O–H groups in total. The van der Waals surface area contributed by atoms with Crippen LogP contribution in [0.15, 0.2) is 18.2 Å². The van der Waals surface area contributed by atoms with Crippen molar-refractivity contribution in [1.29, 1.82) is 0 Å². The molecular formula is C19H28N4O2. The number of hydrogen-bond acceptors (Lipinski definition) is 3. The second kappa shape index (κ2) is 7.02. The van der Waals surface area contributed by atoms with E-state index in [1.165, 1.54) is 0 Å². The highest BCUT2D eigenvalue weighted by molar-refractivity contribution is 5.86. The van der Waals surface area contributed by atoms with Crippen LogP contribution in [0.1, 0.15) is 44.5 Å². The number of carbonyl (C=O) groups is 2. The van der Waals surface area contributed by atoms with Crippen molar-refractivity contribution < 1.29 is 9.59 Å². The summed E-state index contributed by atoms with van der Waals surface area (Å²) >= 11 is 0. The number of nitrogens with zero attached hydrogens (tertiary/aromatic N) is 3. The summed E-state index contributed by atoms with van der Waals surface area (Å²) in [5, 5.41) is 2.94. The first-order valence-electron chi connectivity index (χ1n) is 9.17. The number of urea groups is 1. The van der Waals surface area contributed by atoms with Gasteiger partial charge in [0.05, 0.1) is 17.7 Å². The number of nitrogens with one attached hydrogen (secondary N) is 1. The van der Waals surface area contributed by atoms with Gasteiger partial charge in [-0.1, -0.05) is 6.07 Å². The maximum absolute atomic E-state index is 13.1. The van der Waals surface area contributed by atoms with Gasteiger partial charge in [-0.15, -0.1) is 0 Å². The lowest BCUT2D eigenvalue weighted by Crippen LogP contribution is -2.53. The van der Waals surface area contributed by atoms with Crippen LogP contribution in [0.2, 0.25) is 0 Å². The number of pyridine rings is 1. The molecule has 0 unspecified atom stereocenters. The third kappa shape index (κ3) is 3.78. The predicted octanol–water partition coefficient (Wildman–Crippen LogP) is 2.32. The van der Waals surface area contributed by atoms with Gasteiger partial charge >= 0.3 is 6.03 Å². The molecule has 1 aromatic heterocycles. The second-order valence-electron chi connectivity index (χ2n) is 7.66. The fourth-order valence-corrected chi connectivity index (χ4v) is 3.95. The van der Waals surface area contributed by atoms with Crippen molar-refractivity contribution in [3.63, 3.8) is 0 Å². The van der Waals surface area contributed by atoms with E-state index in [1.54, 1.807) is 0 Å². The van der Waals surface area contributed by atoms with Crippen molar-refractivity contribution in [1.82, 2.24) is 20.1 Å². The zero-order valence-corrected chi connectivity index (χ0v) is 15.4. The Morgan fingerprint density at radius 3 is 2.84 bits per heavy atom. The Morgan fingerprint density at radius 1 is 1.32 bits per heavy atom. The first-order valence-corrected chi connectivity index (χ1v) is 9.17. The molecule has 1 atom stereocenters. The van der Waals surface area contributed by atoms with Crippen molar-refractivity contribution in [2.75, 3.05) is 19.6 Å². The highest BCUT2D eigenvalue weighted by Crippen LogP contribution is 2.40. The molecule has 6 heteroatoms. The molecule has 0 saturated carbocycles.